The van der Waals surface area contributed by atoms with Crippen LogP contribution in [0.5, 0.6) is 0 Å². The molecule has 0 amide bonds. The summed E-state index contributed by atoms with van der Waals surface area (Å²) in [5.41, 5.74) is -1.10. The summed E-state index contributed by atoms with van der Waals surface area (Å²) in [4.78, 5) is 13.9. The molecule has 1 fully saturated rings. The standard InChI is InChI=1S/C15H18F3NO6S/c16-15(17,18)12-3-1-11(2-4-12)14(20)25-13(10-26(21,22)23)9-19-5-7-24-8-6-19/h1-4,13H,5-10H2,(H,21,22,23)/p-1. The van der Waals surface area contributed by atoms with Gasteiger partial charge in [0.05, 0.1) is 40.2 Å². The lowest BCUT2D eigenvalue weighted by Crippen LogP contribution is -2.44. The van der Waals surface area contributed by atoms with E-state index in [-0.39, 0.29) is 12.1 Å². The molecule has 1 aliphatic rings. The van der Waals surface area contributed by atoms with Crippen molar-refractivity contribution in [3.63, 3.8) is 0 Å². The molecule has 1 unspecified atom stereocenters. The average molecular weight is 396 g/mol. The Morgan fingerprint density at radius 3 is 2.31 bits per heavy atom. The number of morpholine rings is 1. The normalized spacial score (nSPS) is 17.7. The van der Waals surface area contributed by atoms with E-state index in [0.717, 1.165) is 24.3 Å². The van der Waals surface area contributed by atoms with Crippen molar-refractivity contribution in [2.75, 3.05) is 38.6 Å². The molecule has 1 heterocycles. The lowest BCUT2D eigenvalue weighted by Gasteiger charge is -2.30. The lowest BCUT2D eigenvalue weighted by atomic mass is 10.1. The maximum absolute atomic E-state index is 12.5. The number of alkyl halides is 3. The van der Waals surface area contributed by atoms with E-state index in [1.165, 1.54) is 0 Å². The number of carbonyl (C=O) groups is 1. The van der Waals surface area contributed by atoms with Gasteiger partial charge < -0.3 is 14.0 Å². The molecule has 0 radical (unpaired) electrons. The summed E-state index contributed by atoms with van der Waals surface area (Å²) < 4.78 is 81.0. The van der Waals surface area contributed by atoms with Gasteiger partial charge in [0.15, 0.2) is 0 Å². The van der Waals surface area contributed by atoms with Crippen LogP contribution in [0.1, 0.15) is 15.9 Å². The fourth-order valence-electron chi connectivity index (χ4n) is 2.44. The summed E-state index contributed by atoms with van der Waals surface area (Å²) in [6.45, 7) is 1.81. The van der Waals surface area contributed by atoms with Gasteiger partial charge in [0.2, 0.25) is 0 Å². The molecule has 26 heavy (non-hydrogen) atoms. The summed E-state index contributed by atoms with van der Waals surface area (Å²) in [7, 11) is -4.66. The molecular formula is C15H17F3NO6S-. The zero-order chi connectivity index (χ0) is 19.4. The maximum atomic E-state index is 12.5. The van der Waals surface area contributed by atoms with Crippen LogP contribution in [-0.2, 0) is 25.8 Å². The topological polar surface area (TPSA) is 96.0 Å². The molecule has 2 rings (SSSR count). The fraction of sp³-hybridized carbons (Fsp3) is 0.533. The second-order valence-electron chi connectivity index (χ2n) is 5.74. The molecule has 11 heteroatoms. The van der Waals surface area contributed by atoms with Crippen molar-refractivity contribution in [2.24, 2.45) is 0 Å². The van der Waals surface area contributed by atoms with E-state index in [1.54, 1.807) is 4.90 Å². The van der Waals surface area contributed by atoms with Crippen molar-refractivity contribution < 1.29 is 40.4 Å². The number of ether oxygens (including phenoxy) is 2. The van der Waals surface area contributed by atoms with Gasteiger partial charge in [-0.3, -0.25) is 4.90 Å². The van der Waals surface area contributed by atoms with Gasteiger partial charge in [0.1, 0.15) is 6.10 Å². The number of halogens is 3. The number of carbonyl (C=O) groups excluding carboxylic acids is 1. The van der Waals surface area contributed by atoms with Gasteiger partial charge in [-0.1, -0.05) is 0 Å². The average Bonchev–Trinajstić information content (AvgIpc) is 2.53. The Labute approximate surface area is 148 Å². The van der Waals surface area contributed by atoms with Crippen molar-refractivity contribution in [1.82, 2.24) is 4.90 Å². The Kier molecular flexibility index (Phi) is 6.61. The predicted molar refractivity (Wildman–Crippen MR) is 82.5 cm³/mol. The van der Waals surface area contributed by atoms with Gasteiger partial charge in [-0.25, -0.2) is 13.2 Å². The molecular weight excluding hydrogens is 379 g/mol. The molecule has 0 bridgehead atoms. The molecule has 146 valence electrons. The van der Waals surface area contributed by atoms with Crippen LogP contribution in [0.15, 0.2) is 24.3 Å². The molecule has 1 atom stereocenters. The van der Waals surface area contributed by atoms with Gasteiger partial charge in [-0.05, 0) is 24.3 Å². The van der Waals surface area contributed by atoms with Crippen LogP contribution in [0.25, 0.3) is 0 Å². The van der Waals surface area contributed by atoms with Crippen LogP contribution in [-0.4, -0.2) is 68.5 Å². The molecule has 0 aromatic heterocycles. The summed E-state index contributed by atoms with van der Waals surface area (Å²) in [6.07, 6.45) is -5.77. The number of benzene rings is 1. The molecule has 0 saturated carbocycles. The van der Waals surface area contributed by atoms with Crippen molar-refractivity contribution in [3.8, 4) is 0 Å². The van der Waals surface area contributed by atoms with Crippen LogP contribution in [0.3, 0.4) is 0 Å². The smallest absolute Gasteiger partial charge is 0.416 e. The van der Waals surface area contributed by atoms with Crippen LogP contribution in [0.4, 0.5) is 13.2 Å². The first kappa shape index (κ1) is 20.6. The largest absolute Gasteiger partial charge is 0.748 e. The van der Waals surface area contributed by atoms with Crippen molar-refractivity contribution in [3.05, 3.63) is 35.4 Å². The number of rotatable bonds is 6. The van der Waals surface area contributed by atoms with Crippen LogP contribution in [0, 0.1) is 0 Å². The molecule has 0 aliphatic carbocycles. The minimum Gasteiger partial charge on any atom is -0.748 e. The molecule has 0 N–H and O–H groups in total. The summed E-state index contributed by atoms with van der Waals surface area (Å²) in [6, 6.07) is 3.31. The van der Waals surface area contributed by atoms with Gasteiger partial charge in [-0.2, -0.15) is 13.2 Å². The Hall–Kier alpha value is -1.69. The number of nitrogens with zero attached hydrogens (tertiary/aromatic N) is 1. The van der Waals surface area contributed by atoms with E-state index >= 15 is 0 Å². The Balaban J connectivity index is 2.06. The third-order valence-corrected chi connectivity index (χ3v) is 4.46. The summed E-state index contributed by atoms with van der Waals surface area (Å²) in [5, 5.41) is 0. The zero-order valence-electron chi connectivity index (χ0n) is 13.6. The Morgan fingerprint density at radius 2 is 1.81 bits per heavy atom. The molecule has 1 aromatic carbocycles. The minimum atomic E-state index is -4.66. The molecule has 1 saturated heterocycles. The van der Waals surface area contributed by atoms with Gasteiger partial charge in [0, 0.05) is 19.6 Å². The highest BCUT2D eigenvalue weighted by Crippen LogP contribution is 2.29. The SMILES string of the molecule is O=C(OC(CN1CCOCC1)CS(=O)(=O)[O-])c1ccc(C(F)(F)F)cc1. The van der Waals surface area contributed by atoms with Gasteiger partial charge in [-0.15, -0.1) is 0 Å². The quantitative estimate of drug-likeness (QED) is 0.525. The van der Waals surface area contributed by atoms with Gasteiger partial charge in [0.25, 0.3) is 0 Å². The van der Waals surface area contributed by atoms with Crippen molar-refractivity contribution >= 4 is 16.1 Å². The van der Waals surface area contributed by atoms with E-state index in [2.05, 4.69) is 0 Å². The van der Waals surface area contributed by atoms with E-state index < -0.39 is 39.7 Å². The van der Waals surface area contributed by atoms with E-state index in [4.69, 9.17) is 9.47 Å². The number of esters is 1. The van der Waals surface area contributed by atoms with Crippen molar-refractivity contribution in [1.29, 1.82) is 0 Å². The Morgan fingerprint density at radius 1 is 1.23 bits per heavy atom. The van der Waals surface area contributed by atoms with Crippen LogP contribution < -0.4 is 0 Å². The lowest BCUT2D eigenvalue weighted by molar-refractivity contribution is -0.137. The molecule has 1 aromatic rings. The fourth-order valence-corrected chi connectivity index (χ4v) is 3.07. The summed E-state index contributed by atoms with van der Waals surface area (Å²) in [5.74, 6) is -1.92. The third kappa shape index (κ3) is 6.56. The van der Waals surface area contributed by atoms with E-state index in [0.29, 0.717) is 26.3 Å². The van der Waals surface area contributed by atoms with Gasteiger partial charge >= 0.3 is 12.1 Å². The Bertz CT molecular complexity index is 714. The third-order valence-electron chi connectivity index (χ3n) is 3.68. The first-order valence-electron chi connectivity index (χ1n) is 7.66. The maximum Gasteiger partial charge on any atom is 0.416 e. The molecule has 0 spiro atoms. The monoisotopic (exact) mass is 396 g/mol. The highest BCUT2D eigenvalue weighted by atomic mass is 32.2. The molecule has 7 nitrogen and oxygen atoms in total. The van der Waals surface area contributed by atoms with Crippen LogP contribution >= 0.6 is 0 Å². The minimum absolute atomic E-state index is 0.0111. The van der Waals surface area contributed by atoms with E-state index in [1.807, 2.05) is 0 Å². The predicted octanol–water partition coefficient (Wildman–Crippen LogP) is 1.11. The van der Waals surface area contributed by atoms with Crippen molar-refractivity contribution in [2.45, 2.75) is 12.3 Å². The second kappa shape index (κ2) is 8.33. The van der Waals surface area contributed by atoms with Crippen LogP contribution in [0.2, 0.25) is 0 Å². The highest BCUT2D eigenvalue weighted by Gasteiger charge is 2.30. The highest BCUT2D eigenvalue weighted by molar-refractivity contribution is 7.85. The number of hydrogen-bond acceptors (Lipinski definition) is 7. The first-order chi connectivity index (χ1) is 12.0. The van der Waals surface area contributed by atoms with E-state index in [9.17, 15) is 30.9 Å². The number of hydrogen-bond donors (Lipinski definition) is 0. The second-order valence-corrected chi connectivity index (χ2v) is 7.19. The summed E-state index contributed by atoms with van der Waals surface area (Å²) >= 11 is 0. The molecule has 1 aliphatic heterocycles. The first-order valence-corrected chi connectivity index (χ1v) is 9.24. The zero-order valence-corrected chi connectivity index (χ0v) is 14.4.